The van der Waals surface area contributed by atoms with Gasteiger partial charge in [-0.1, -0.05) is 6.07 Å². The maximum atomic E-state index is 4.30. The van der Waals surface area contributed by atoms with Crippen LogP contribution in [-0.2, 0) is 6.42 Å². The second-order valence-electron chi connectivity index (χ2n) is 3.22. The number of nitrogens with zero attached hydrogens (tertiary/aromatic N) is 2. The molecule has 3 rings (SSSR count). The fourth-order valence-electron chi connectivity index (χ4n) is 1.72. The van der Waals surface area contributed by atoms with Crippen molar-refractivity contribution in [2.45, 2.75) is 6.42 Å². The van der Waals surface area contributed by atoms with Gasteiger partial charge in [-0.2, -0.15) is 0 Å². The Morgan fingerprint density at radius 3 is 3.31 bits per heavy atom. The van der Waals surface area contributed by atoms with E-state index in [-0.39, 0.29) is 0 Å². The highest BCUT2D eigenvalue weighted by atomic mass is 14.8. The molecule has 62 valence electrons. The molecule has 0 amide bonds. The summed E-state index contributed by atoms with van der Waals surface area (Å²) in [4.78, 5) is 8.56. The SMILES string of the molecule is C1=NC2=Cc3ncccc3CC2=C1. The number of hydrogen-bond donors (Lipinski definition) is 0. The van der Waals surface area contributed by atoms with Crippen LogP contribution in [0.1, 0.15) is 11.3 Å². The molecule has 0 atom stereocenters. The summed E-state index contributed by atoms with van der Waals surface area (Å²) in [5.41, 5.74) is 4.74. The van der Waals surface area contributed by atoms with E-state index in [1.807, 2.05) is 24.6 Å². The van der Waals surface area contributed by atoms with Gasteiger partial charge >= 0.3 is 0 Å². The smallest absolute Gasteiger partial charge is 0.0687 e. The summed E-state index contributed by atoms with van der Waals surface area (Å²) in [5.74, 6) is 0. The second-order valence-corrected chi connectivity index (χ2v) is 3.22. The first-order chi connectivity index (χ1) is 6.43. The molecule has 0 radical (unpaired) electrons. The molecule has 0 aromatic carbocycles. The van der Waals surface area contributed by atoms with Gasteiger partial charge < -0.3 is 0 Å². The van der Waals surface area contributed by atoms with Gasteiger partial charge in [-0.05, 0) is 29.4 Å². The lowest BCUT2D eigenvalue weighted by Gasteiger charge is -2.12. The van der Waals surface area contributed by atoms with E-state index in [1.165, 1.54) is 11.1 Å². The highest BCUT2D eigenvalue weighted by Gasteiger charge is 2.16. The average molecular weight is 168 g/mol. The Morgan fingerprint density at radius 2 is 2.31 bits per heavy atom. The highest BCUT2D eigenvalue weighted by molar-refractivity contribution is 5.83. The van der Waals surface area contributed by atoms with Gasteiger partial charge in [0.25, 0.3) is 0 Å². The minimum atomic E-state index is 0.967. The van der Waals surface area contributed by atoms with E-state index in [0.717, 1.165) is 17.8 Å². The molecule has 0 saturated heterocycles. The Bertz CT molecular complexity index is 453. The summed E-state index contributed by atoms with van der Waals surface area (Å²) in [6.07, 6.45) is 8.77. The van der Waals surface area contributed by atoms with Crippen molar-refractivity contribution in [2.75, 3.05) is 0 Å². The lowest BCUT2D eigenvalue weighted by atomic mass is 9.96. The quantitative estimate of drug-likeness (QED) is 0.581. The second kappa shape index (κ2) is 2.39. The van der Waals surface area contributed by atoms with E-state index in [0.29, 0.717) is 0 Å². The molecule has 2 nitrogen and oxygen atoms in total. The van der Waals surface area contributed by atoms with E-state index in [1.54, 1.807) is 0 Å². The van der Waals surface area contributed by atoms with Gasteiger partial charge in [0.15, 0.2) is 0 Å². The third-order valence-corrected chi connectivity index (χ3v) is 2.40. The Kier molecular flexibility index (Phi) is 1.25. The maximum Gasteiger partial charge on any atom is 0.0687 e. The lowest BCUT2D eigenvalue weighted by Crippen LogP contribution is -2.01. The zero-order chi connectivity index (χ0) is 8.67. The van der Waals surface area contributed by atoms with Crippen LogP contribution < -0.4 is 0 Å². The molecule has 1 aliphatic carbocycles. The third kappa shape index (κ3) is 0.952. The van der Waals surface area contributed by atoms with Crippen LogP contribution in [0.4, 0.5) is 0 Å². The summed E-state index contributed by atoms with van der Waals surface area (Å²) in [5, 5.41) is 0. The Balaban J connectivity index is 2.21. The predicted molar refractivity (Wildman–Crippen MR) is 52.5 cm³/mol. The molecule has 2 heteroatoms. The van der Waals surface area contributed by atoms with Gasteiger partial charge in [0.1, 0.15) is 0 Å². The summed E-state index contributed by atoms with van der Waals surface area (Å²) in [6, 6.07) is 4.10. The van der Waals surface area contributed by atoms with Crippen LogP contribution in [0.25, 0.3) is 6.08 Å². The summed E-state index contributed by atoms with van der Waals surface area (Å²) >= 11 is 0. The molecule has 0 spiro atoms. The van der Waals surface area contributed by atoms with Gasteiger partial charge in [0.05, 0.1) is 11.4 Å². The number of fused-ring (bicyclic) bond motifs is 2. The number of aromatic nitrogens is 1. The Hall–Kier alpha value is -1.70. The molecule has 0 N–H and O–H groups in total. The lowest BCUT2D eigenvalue weighted by molar-refractivity contribution is 1.08. The third-order valence-electron chi connectivity index (χ3n) is 2.40. The van der Waals surface area contributed by atoms with Crippen LogP contribution in [0.3, 0.4) is 0 Å². The molecule has 2 heterocycles. The Labute approximate surface area is 76.3 Å². The van der Waals surface area contributed by atoms with Crippen molar-refractivity contribution in [3.63, 3.8) is 0 Å². The number of allylic oxidation sites excluding steroid dienone is 2. The molecular weight excluding hydrogens is 160 g/mol. The van der Waals surface area contributed by atoms with Crippen molar-refractivity contribution in [2.24, 2.45) is 4.99 Å². The van der Waals surface area contributed by atoms with Crippen LogP contribution in [0.2, 0.25) is 0 Å². The van der Waals surface area contributed by atoms with Gasteiger partial charge in [-0.3, -0.25) is 9.98 Å². The molecule has 1 aromatic rings. The van der Waals surface area contributed by atoms with Crippen LogP contribution in [0, 0.1) is 0 Å². The molecule has 0 fully saturated rings. The topological polar surface area (TPSA) is 25.2 Å². The Morgan fingerprint density at radius 1 is 1.31 bits per heavy atom. The summed E-state index contributed by atoms with van der Waals surface area (Å²) in [7, 11) is 0. The highest BCUT2D eigenvalue weighted by Crippen LogP contribution is 2.29. The number of rotatable bonds is 0. The van der Waals surface area contributed by atoms with Gasteiger partial charge in [0.2, 0.25) is 0 Å². The fourth-order valence-corrected chi connectivity index (χ4v) is 1.72. The fraction of sp³-hybridized carbons (Fsp3) is 0.0909. The normalized spacial score (nSPS) is 17.5. The minimum absolute atomic E-state index is 0.967. The first-order valence-electron chi connectivity index (χ1n) is 4.33. The molecule has 0 saturated carbocycles. The van der Waals surface area contributed by atoms with Crippen molar-refractivity contribution < 1.29 is 0 Å². The van der Waals surface area contributed by atoms with Crippen molar-refractivity contribution in [1.29, 1.82) is 0 Å². The van der Waals surface area contributed by atoms with Crippen LogP contribution in [0.5, 0.6) is 0 Å². The van der Waals surface area contributed by atoms with E-state index in [2.05, 4.69) is 22.1 Å². The van der Waals surface area contributed by atoms with Crippen molar-refractivity contribution in [1.82, 2.24) is 4.98 Å². The average Bonchev–Trinajstić information content (AvgIpc) is 2.61. The van der Waals surface area contributed by atoms with Crippen molar-refractivity contribution >= 4 is 12.3 Å². The molecule has 0 bridgehead atoms. The van der Waals surface area contributed by atoms with Gasteiger partial charge in [-0.15, -0.1) is 0 Å². The molecular formula is C11H8N2. The predicted octanol–water partition coefficient (Wildman–Crippen LogP) is 1.99. The van der Waals surface area contributed by atoms with E-state index < -0.39 is 0 Å². The largest absolute Gasteiger partial charge is 0.257 e. The first-order valence-corrected chi connectivity index (χ1v) is 4.33. The van der Waals surface area contributed by atoms with Crippen molar-refractivity contribution in [3.8, 4) is 0 Å². The molecule has 1 aromatic heterocycles. The van der Waals surface area contributed by atoms with E-state index >= 15 is 0 Å². The molecule has 2 aliphatic rings. The molecule has 13 heavy (non-hydrogen) atoms. The number of aliphatic imine (C=N–C) groups is 1. The van der Waals surface area contributed by atoms with Gasteiger partial charge in [-0.25, -0.2) is 0 Å². The number of pyridine rings is 1. The molecule has 1 aliphatic heterocycles. The standard InChI is InChI=1S/C11H8N2/c1-2-8-6-9-3-5-13-11(9)7-10(8)12-4-1/h1-5,7H,6H2. The molecule has 0 unspecified atom stereocenters. The zero-order valence-corrected chi connectivity index (χ0v) is 7.07. The minimum Gasteiger partial charge on any atom is -0.257 e. The van der Waals surface area contributed by atoms with Crippen LogP contribution in [-0.4, -0.2) is 11.2 Å². The monoisotopic (exact) mass is 168 g/mol. The zero-order valence-electron chi connectivity index (χ0n) is 7.07. The number of hydrogen-bond acceptors (Lipinski definition) is 2. The van der Waals surface area contributed by atoms with Gasteiger partial charge in [0, 0.05) is 18.8 Å². The van der Waals surface area contributed by atoms with E-state index in [4.69, 9.17) is 0 Å². The maximum absolute atomic E-state index is 4.30. The summed E-state index contributed by atoms with van der Waals surface area (Å²) < 4.78 is 0. The summed E-state index contributed by atoms with van der Waals surface area (Å²) in [6.45, 7) is 0. The van der Waals surface area contributed by atoms with Crippen LogP contribution in [0.15, 0.2) is 40.7 Å². The first kappa shape index (κ1) is 6.78. The van der Waals surface area contributed by atoms with Crippen LogP contribution >= 0.6 is 0 Å². The van der Waals surface area contributed by atoms with Crippen molar-refractivity contribution in [3.05, 3.63) is 46.9 Å². The van der Waals surface area contributed by atoms with E-state index in [9.17, 15) is 0 Å².